The van der Waals surface area contributed by atoms with Crippen molar-refractivity contribution in [1.82, 2.24) is 15.1 Å². The number of aliphatic hydroxyl groups excluding tert-OH is 1. The number of nitrogens with zero attached hydrogens (tertiary/aromatic N) is 4. The van der Waals surface area contributed by atoms with Crippen molar-refractivity contribution >= 4 is 11.6 Å². The first kappa shape index (κ1) is 23.4. The van der Waals surface area contributed by atoms with Gasteiger partial charge in [-0.15, -0.1) is 0 Å². The number of nitriles is 1. The summed E-state index contributed by atoms with van der Waals surface area (Å²) in [5.41, 5.74) is 6.46. The van der Waals surface area contributed by atoms with Crippen molar-refractivity contribution in [2.45, 2.75) is 39.0 Å². The highest BCUT2D eigenvalue weighted by molar-refractivity contribution is 6.33. The SMILES string of the molecule is CC(C)Oc1ncc(-c2nc(-c3cc(F)c(OC[C@H](N)[C@@H](C)O)cc3Cl)no2)cc1C#N. The maximum absolute atomic E-state index is 14.5. The summed E-state index contributed by atoms with van der Waals surface area (Å²) in [6.45, 7) is 5.05. The Hall–Kier alpha value is -3.26. The van der Waals surface area contributed by atoms with E-state index in [1.165, 1.54) is 25.3 Å². The molecule has 32 heavy (non-hydrogen) atoms. The zero-order chi connectivity index (χ0) is 23.4. The summed E-state index contributed by atoms with van der Waals surface area (Å²) in [7, 11) is 0. The van der Waals surface area contributed by atoms with E-state index in [0.717, 1.165) is 6.07 Å². The third-order valence-electron chi connectivity index (χ3n) is 4.31. The number of hydrogen-bond acceptors (Lipinski definition) is 9. The van der Waals surface area contributed by atoms with Gasteiger partial charge in [0.05, 0.1) is 28.8 Å². The summed E-state index contributed by atoms with van der Waals surface area (Å²) in [6, 6.07) is 5.21. The van der Waals surface area contributed by atoms with Gasteiger partial charge >= 0.3 is 0 Å². The van der Waals surface area contributed by atoms with Gasteiger partial charge in [-0.05, 0) is 32.9 Å². The molecule has 168 valence electrons. The molecule has 0 radical (unpaired) electrons. The van der Waals surface area contributed by atoms with Crippen molar-refractivity contribution in [3.8, 4) is 40.5 Å². The molecule has 2 heterocycles. The van der Waals surface area contributed by atoms with E-state index in [2.05, 4.69) is 15.1 Å². The molecule has 0 saturated carbocycles. The summed E-state index contributed by atoms with van der Waals surface area (Å²) in [4.78, 5) is 8.37. The number of aromatic nitrogens is 3. The molecule has 0 aliphatic heterocycles. The van der Waals surface area contributed by atoms with E-state index in [-0.39, 0.29) is 52.2 Å². The van der Waals surface area contributed by atoms with Gasteiger partial charge in [0, 0.05) is 17.8 Å². The average molecular weight is 462 g/mol. The maximum atomic E-state index is 14.5. The molecule has 3 rings (SSSR count). The molecule has 3 aromatic rings. The van der Waals surface area contributed by atoms with Crippen LogP contribution in [0, 0.1) is 17.1 Å². The van der Waals surface area contributed by atoms with Gasteiger partial charge in [0.2, 0.25) is 11.7 Å². The second-order valence-corrected chi connectivity index (χ2v) is 7.66. The first-order valence-electron chi connectivity index (χ1n) is 9.66. The summed E-state index contributed by atoms with van der Waals surface area (Å²) < 4.78 is 30.6. The molecule has 3 N–H and O–H groups in total. The van der Waals surface area contributed by atoms with E-state index in [9.17, 15) is 14.8 Å². The Morgan fingerprint density at radius 3 is 2.72 bits per heavy atom. The molecule has 0 aliphatic carbocycles. The number of hydrogen-bond donors (Lipinski definition) is 2. The van der Waals surface area contributed by atoms with Crippen LogP contribution in [0.2, 0.25) is 5.02 Å². The van der Waals surface area contributed by atoms with E-state index in [1.54, 1.807) is 0 Å². The minimum atomic E-state index is -0.812. The van der Waals surface area contributed by atoms with Crippen LogP contribution in [0.25, 0.3) is 22.8 Å². The number of aliphatic hydroxyl groups is 1. The van der Waals surface area contributed by atoms with Crippen LogP contribution in [0.1, 0.15) is 26.3 Å². The van der Waals surface area contributed by atoms with E-state index in [4.69, 9.17) is 31.3 Å². The number of ether oxygens (including phenoxy) is 2. The highest BCUT2D eigenvalue weighted by Crippen LogP contribution is 2.33. The van der Waals surface area contributed by atoms with Crippen molar-refractivity contribution in [3.05, 3.63) is 40.8 Å². The Morgan fingerprint density at radius 2 is 2.06 bits per heavy atom. The quantitative estimate of drug-likeness (QED) is 0.516. The number of benzene rings is 1. The van der Waals surface area contributed by atoms with E-state index >= 15 is 0 Å². The molecule has 0 spiro atoms. The number of pyridine rings is 1. The molecule has 0 aliphatic rings. The van der Waals surface area contributed by atoms with E-state index in [0.29, 0.717) is 5.56 Å². The lowest BCUT2D eigenvalue weighted by molar-refractivity contribution is 0.129. The second-order valence-electron chi connectivity index (χ2n) is 7.26. The molecule has 2 atom stereocenters. The summed E-state index contributed by atoms with van der Waals surface area (Å²) in [6.07, 6.45) is 0.468. The van der Waals surface area contributed by atoms with Gasteiger partial charge in [0.25, 0.3) is 5.89 Å². The number of halogens is 2. The van der Waals surface area contributed by atoms with Crippen molar-refractivity contribution in [3.63, 3.8) is 0 Å². The van der Waals surface area contributed by atoms with Gasteiger partial charge in [-0.2, -0.15) is 10.2 Å². The maximum Gasteiger partial charge on any atom is 0.259 e. The van der Waals surface area contributed by atoms with Gasteiger partial charge in [0.1, 0.15) is 18.2 Å². The molecule has 0 amide bonds. The van der Waals surface area contributed by atoms with Crippen LogP contribution in [0.15, 0.2) is 28.9 Å². The topological polar surface area (TPSA) is 140 Å². The molecule has 0 bridgehead atoms. The zero-order valence-corrected chi connectivity index (χ0v) is 18.3. The highest BCUT2D eigenvalue weighted by Gasteiger charge is 2.19. The molecule has 0 fully saturated rings. The lowest BCUT2D eigenvalue weighted by Gasteiger charge is -2.16. The predicted molar refractivity (Wildman–Crippen MR) is 114 cm³/mol. The van der Waals surface area contributed by atoms with Crippen LogP contribution in [0.3, 0.4) is 0 Å². The minimum absolute atomic E-state index is 0.0390. The van der Waals surface area contributed by atoms with Gasteiger partial charge < -0.3 is 24.8 Å². The smallest absolute Gasteiger partial charge is 0.259 e. The number of rotatable bonds is 8. The molecule has 9 nitrogen and oxygen atoms in total. The summed E-state index contributed by atoms with van der Waals surface area (Å²) in [5, 5.41) is 22.7. The Bertz CT molecular complexity index is 1150. The average Bonchev–Trinajstić information content (AvgIpc) is 3.23. The van der Waals surface area contributed by atoms with Crippen LogP contribution >= 0.6 is 11.6 Å². The van der Waals surface area contributed by atoms with Crippen molar-refractivity contribution in [2.24, 2.45) is 5.73 Å². The highest BCUT2D eigenvalue weighted by atomic mass is 35.5. The first-order valence-corrected chi connectivity index (χ1v) is 10.0. The fraction of sp³-hybridized carbons (Fsp3) is 0.333. The standard InChI is InChI=1S/C21H21ClFN5O4/c1-10(2)31-20-12(7-24)4-13(8-26-20)21-27-19(28-32-21)14-5-16(23)18(6-15(14)22)30-9-17(25)11(3)29/h4-6,8,10-11,17,29H,9,25H2,1-3H3/t11-,17+/m1/s1. The summed E-state index contributed by atoms with van der Waals surface area (Å²) >= 11 is 6.26. The van der Waals surface area contributed by atoms with Crippen molar-refractivity contribution in [1.29, 1.82) is 5.26 Å². The lowest BCUT2D eigenvalue weighted by atomic mass is 10.2. The third-order valence-corrected chi connectivity index (χ3v) is 4.62. The Kier molecular flexibility index (Phi) is 7.25. The van der Waals surface area contributed by atoms with Crippen molar-refractivity contribution in [2.75, 3.05) is 6.61 Å². The fourth-order valence-corrected chi connectivity index (χ4v) is 2.79. The third kappa shape index (κ3) is 5.31. The Labute approximate surface area is 188 Å². The van der Waals surface area contributed by atoms with Crippen LogP contribution in [0.4, 0.5) is 4.39 Å². The molecule has 0 saturated heterocycles. The normalized spacial score (nSPS) is 13.0. The molecule has 0 unspecified atom stereocenters. The molecule has 11 heteroatoms. The zero-order valence-electron chi connectivity index (χ0n) is 17.5. The Morgan fingerprint density at radius 1 is 1.31 bits per heavy atom. The van der Waals surface area contributed by atoms with Crippen molar-refractivity contribution < 1.29 is 23.5 Å². The molecule has 1 aromatic carbocycles. The van der Waals surface area contributed by atoms with Gasteiger partial charge in [0.15, 0.2) is 11.6 Å². The fourth-order valence-electron chi connectivity index (χ4n) is 2.55. The summed E-state index contributed by atoms with van der Waals surface area (Å²) in [5.74, 6) is -0.529. The lowest BCUT2D eigenvalue weighted by Crippen LogP contribution is -2.38. The monoisotopic (exact) mass is 461 g/mol. The van der Waals surface area contributed by atoms with Crippen LogP contribution in [-0.4, -0.2) is 45.1 Å². The molecular formula is C21H21ClFN5O4. The van der Waals surface area contributed by atoms with Crippen LogP contribution in [-0.2, 0) is 0 Å². The van der Waals surface area contributed by atoms with E-state index < -0.39 is 18.0 Å². The second kappa shape index (κ2) is 9.91. The van der Waals surface area contributed by atoms with Gasteiger partial charge in [-0.3, -0.25) is 0 Å². The van der Waals surface area contributed by atoms with Gasteiger partial charge in [-0.25, -0.2) is 9.37 Å². The van der Waals surface area contributed by atoms with Gasteiger partial charge in [-0.1, -0.05) is 16.8 Å². The largest absolute Gasteiger partial charge is 0.489 e. The molecular weight excluding hydrogens is 441 g/mol. The van der Waals surface area contributed by atoms with E-state index in [1.807, 2.05) is 19.9 Å². The molecule has 2 aromatic heterocycles. The Balaban J connectivity index is 1.85. The number of nitrogens with two attached hydrogens (primary N) is 1. The minimum Gasteiger partial charge on any atom is -0.489 e. The predicted octanol–water partition coefficient (Wildman–Crippen LogP) is 3.34. The van der Waals surface area contributed by atoms with Crippen LogP contribution in [0.5, 0.6) is 11.6 Å². The first-order chi connectivity index (χ1) is 15.2. The van der Waals surface area contributed by atoms with Crippen LogP contribution < -0.4 is 15.2 Å².